The molecule has 0 saturated heterocycles. The number of amides is 2. The Morgan fingerprint density at radius 3 is 2.42 bits per heavy atom. The lowest BCUT2D eigenvalue weighted by atomic mass is 10.1. The lowest BCUT2D eigenvalue weighted by Gasteiger charge is -2.18. The first-order chi connectivity index (χ1) is 14.3. The van der Waals surface area contributed by atoms with Gasteiger partial charge in [-0.05, 0) is 31.0 Å². The number of aryl methyl sites for hydroxylation is 1. The highest BCUT2D eigenvalue weighted by molar-refractivity contribution is 5.90. The molecule has 0 aliphatic carbocycles. The Labute approximate surface area is 177 Å². The highest BCUT2D eigenvalue weighted by atomic mass is 19.0. The summed E-state index contributed by atoms with van der Waals surface area (Å²) in [6.07, 6.45) is 1.84. The van der Waals surface area contributed by atoms with Gasteiger partial charge in [0.15, 0.2) is 0 Å². The van der Waals surface area contributed by atoms with Gasteiger partial charge in [-0.3, -0.25) is 23.9 Å². The summed E-state index contributed by atoms with van der Waals surface area (Å²) in [6.45, 7) is 1.43. The minimum atomic E-state index is -1.24. The van der Waals surface area contributed by atoms with Crippen LogP contribution >= 0.6 is 0 Å². The van der Waals surface area contributed by atoms with E-state index in [9.17, 15) is 24.0 Å². The zero-order chi connectivity index (χ0) is 22.1. The quantitative estimate of drug-likeness (QED) is 0.484. The smallest absolute Gasteiger partial charge is 0.305 e. The molecule has 0 aliphatic rings. The van der Waals surface area contributed by atoms with Crippen LogP contribution in [-0.4, -0.2) is 39.8 Å². The van der Waals surface area contributed by atoms with Gasteiger partial charge in [0.25, 0.3) is 5.56 Å². The van der Waals surface area contributed by atoms with Gasteiger partial charge >= 0.3 is 5.97 Å². The van der Waals surface area contributed by atoms with Crippen LogP contribution in [-0.2, 0) is 25.6 Å². The van der Waals surface area contributed by atoms with Gasteiger partial charge in [-0.25, -0.2) is 0 Å². The van der Waals surface area contributed by atoms with Crippen molar-refractivity contribution in [3.8, 4) is 0 Å². The van der Waals surface area contributed by atoms with Crippen molar-refractivity contribution < 1.29 is 29.0 Å². The first-order valence-corrected chi connectivity index (χ1v) is 9.34. The van der Waals surface area contributed by atoms with Gasteiger partial charge in [0, 0.05) is 12.6 Å². The number of carbonyl (C=O) groups is 4. The number of carboxylic acids is 1. The number of hydrogen-bond donors (Lipinski definition) is 3. The lowest BCUT2D eigenvalue weighted by Crippen LogP contribution is -2.43. The molecule has 1 aromatic heterocycles. The van der Waals surface area contributed by atoms with Crippen molar-refractivity contribution in [3.63, 3.8) is 0 Å². The van der Waals surface area contributed by atoms with Gasteiger partial charge in [0.2, 0.25) is 11.8 Å². The molecule has 0 bridgehead atoms. The first-order valence-electron chi connectivity index (χ1n) is 9.34. The van der Waals surface area contributed by atoms with Crippen LogP contribution in [0.5, 0.6) is 0 Å². The summed E-state index contributed by atoms with van der Waals surface area (Å²) in [5.41, 5.74) is 0.427. The van der Waals surface area contributed by atoms with E-state index >= 15 is 0 Å². The molecule has 166 valence electrons. The maximum atomic E-state index is 12.7. The van der Waals surface area contributed by atoms with E-state index in [1.165, 1.54) is 25.3 Å². The van der Waals surface area contributed by atoms with Crippen molar-refractivity contribution >= 4 is 29.8 Å². The second-order valence-corrected chi connectivity index (χ2v) is 6.69. The van der Waals surface area contributed by atoms with Crippen LogP contribution in [0, 0.1) is 0 Å². The normalized spacial score (nSPS) is 12.0. The number of carbonyl (C=O) groups excluding carboxylic acids is 3. The van der Waals surface area contributed by atoms with E-state index in [0.717, 1.165) is 10.1 Å². The molecule has 0 spiro atoms. The van der Waals surface area contributed by atoms with Gasteiger partial charge in [-0.1, -0.05) is 30.3 Å². The van der Waals surface area contributed by atoms with Crippen LogP contribution in [0.3, 0.4) is 0 Å². The molecule has 0 unspecified atom stereocenters. The summed E-state index contributed by atoms with van der Waals surface area (Å²) in [5, 5.41) is 13.6. The van der Waals surface area contributed by atoms with Crippen molar-refractivity contribution in [2.45, 2.75) is 38.3 Å². The van der Waals surface area contributed by atoms with E-state index in [4.69, 9.17) is 5.11 Å². The molecule has 3 N–H and O–H groups in total. The Hall–Kier alpha value is -3.82. The average molecular weight is 433 g/mol. The average Bonchev–Trinajstić information content (AvgIpc) is 2.73. The SMILES string of the molecule is C[C@@H](C(=O)N[C@H](C=O)CC(=O)O)n1cccc(NC(=O)CCc2ccccc2)c1=O.F. The summed E-state index contributed by atoms with van der Waals surface area (Å²) in [6, 6.07) is 10.2. The van der Waals surface area contributed by atoms with Gasteiger partial charge in [0.1, 0.15) is 18.0 Å². The van der Waals surface area contributed by atoms with E-state index in [2.05, 4.69) is 10.6 Å². The third-order valence-electron chi connectivity index (χ3n) is 4.42. The predicted octanol–water partition coefficient (Wildman–Crippen LogP) is 1.29. The zero-order valence-electron chi connectivity index (χ0n) is 16.8. The Balaban J connectivity index is 0.00000480. The van der Waals surface area contributed by atoms with E-state index in [-0.39, 0.29) is 22.7 Å². The van der Waals surface area contributed by atoms with Crippen LogP contribution in [0.15, 0.2) is 53.5 Å². The van der Waals surface area contributed by atoms with Gasteiger partial charge < -0.3 is 25.1 Å². The Morgan fingerprint density at radius 1 is 1.13 bits per heavy atom. The molecular formula is C21H24FN3O6. The van der Waals surface area contributed by atoms with E-state index in [1.54, 1.807) is 0 Å². The van der Waals surface area contributed by atoms with Crippen LogP contribution < -0.4 is 16.2 Å². The monoisotopic (exact) mass is 433 g/mol. The fourth-order valence-electron chi connectivity index (χ4n) is 2.78. The van der Waals surface area contributed by atoms with Gasteiger partial charge in [-0.2, -0.15) is 0 Å². The Bertz CT molecular complexity index is 977. The second-order valence-electron chi connectivity index (χ2n) is 6.69. The molecule has 9 nitrogen and oxygen atoms in total. The van der Waals surface area contributed by atoms with Crippen LogP contribution in [0.4, 0.5) is 10.4 Å². The molecule has 0 aliphatic heterocycles. The molecule has 0 fully saturated rings. The number of nitrogens with one attached hydrogen (secondary N) is 2. The molecule has 31 heavy (non-hydrogen) atoms. The number of nitrogens with zero attached hydrogens (tertiary/aromatic N) is 1. The van der Waals surface area contributed by atoms with Crippen molar-refractivity contribution in [2.75, 3.05) is 5.32 Å². The molecule has 0 saturated carbocycles. The maximum absolute atomic E-state index is 12.7. The first kappa shape index (κ1) is 25.2. The van der Waals surface area contributed by atoms with Crippen LogP contribution in [0.2, 0.25) is 0 Å². The van der Waals surface area contributed by atoms with E-state index < -0.39 is 35.9 Å². The number of pyridine rings is 1. The molecule has 10 heteroatoms. The Kier molecular flexibility index (Phi) is 9.77. The van der Waals surface area contributed by atoms with E-state index in [1.807, 2.05) is 30.3 Å². The molecule has 2 atom stereocenters. The molecule has 2 amide bonds. The van der Waals surface area contributed by atoms with Gasteiger partial charge in [-0.15, -0.1) is 0 Å². The molecule has 1 heterocycles. The van der Waals surface area contributed by atoms with Crippen molar-refractivity contribution in [1.82, 2.24) is 9.88 Å². The summed E-state index contributed by atoms with van der Waals surface area (Å²) >= 11 is 0. The number of halogens is 1. The molecule has 2 rings (SSSR count). The minimum absolute atomic E-state index is 0. The number of aldehydes is 1. The van der Waals surface area contributed by atoms with Crippen molar-refractivity contribution in [1.29, 1.82) is 0 Å². The predicted molar refractivity (Wildman–Crippen MR) is 112 cm³/mol. The highest BCUT2D eigenvalue weighted by Crippen LogP contribution is 2.08. The minimum Gasteiger partial charge on any atom is -0.481 e. The summed E-state index contributed by atoms with van der Waals surface area (Å²) in [7, 11) is 0. The lowest BCUT2D eigenvalue weighted by molar-refractivity contribution is -0.139. The summed E-state index contributed by atoms with van der Waals surface area (Å²) in [4.78, 5) is 58.9. The number of aromatic nitrogens is 1. The third kappa shape index (κ3) is 7.50. The number of aliphatic carboxylic acids is 1. The fourth-order valence-corrected chi connectivity index (χ4v) is 2.78. The van der Waals surface area contributed by atoms with Crippen LogP contribution in [0.25, 0.3) is 0 Å². The van der Waals surface area contributed by atoms with Crippen molar-refractivity contribution in [2.24, 2.45) is 0 Å². The number of hydrogen-bond acceptors (Lipinski definition) is 5. The third-order valence-corrected chi connectivity index (χ3v) is 4.42. The van der Waals surface area contributed by atoms with Crippen LogP contribution in [0.1, 0.15) is 31.4 Å². The number of benzene rings is 1. The molecule has 0 radical (unpaired) electrons. The largest absolute Gasteiger partial charge is 0.481 e. The zero-order valence-corrected chi connectivity index (χ0v) is 16.8. The molecular weight excluding hydrogens is 409 g/mol. The number of carboxylic acid groups (broad SMARTS) is 1. The number of anilines is 1. The van der Waals surface area contributed by atoms with Crippen molar-refractivity contribution in [3.05, 3.63) is 64.6 Å². The maximum Gasteiger partial charge on any atom is 0.305 e. The highest BCUT2D eigenvalue weighted by Gasteiger charge is 2.22. The topological polar surface area (TPSA) is 135 Å². The molecule has 1 aromatic carbocycles. The fraction of sp³-hybridized carbons (Fsp3) is 0.286. The van der Waals surface area contributed by atoms with Gasteiger partial charge in [0.05, 0.1) is 12.5 Å². The Morgan fingerprint density at radius 2 is 1.81 bits per heavy atom. The second kappa shape index (κ2) is 12.0. The standard InChI is InChI=1S/C21H23N3O6.FH/c1-14(20(29)22-16(13-25)12-19(27)28)24-11-5-8-17(21(24)30)23-18(26)10-9-15-6-3-2-4-7-15;/h2-8,11,13-14,16H,9-10,12H2,1H3,(H,22,29)(H,23,26)(H,27,28);1H/t14-,16-;/m0./s1. The molecule has 2 aromatic rings. The number of rotatable bonds is 10. The summed E-state index contributed by atoms with van der Waals surface area (Å²) < 4.78 is 1.10. The van der Waals surface area contributed by atoms with E-state index in [0.29, 0.717) is 12.7 Å². The summed E-state index contributed by atoms with van der Waals surface area (Å²) in [5.74, 6) is -2.27.